The summed E-state index contributed by atoms with van der Waals surface area (Å²) >= 11 is 0. The molecule has 0 aromatic rings. The highest BCUT2D eigenvalue weighted by atomic mass is 32.2. The molecular weight excluding hydrogens is 238 g/mol. The Morgan fingerprint density at radius 1 is 1.35 bits per heavy atom. The summed E-state index contributed by atoms with van der Waals surface area (Å²) in [4.78, 5) is 0. The molecule has 4 nitrogen and oxygen atoms in total. The van der Waals surface area contributed by atoms with Gasteiger partial charge >= 0.3 is 0 Å². The van der Waals surface area contributed by atoms with Gasteiger partial charge in [0.1, 0.15) is 0 Å². The van der Waals surface area contributed by atoms with Gasteiger partial charge in [0.2, 0.25) is 10.0 Å². The molecule has 0 radical (unpaired) electrons. The largest absolute Gasteiger partial charge is 0.378 e. The van der Waals surface area contributed by atoms with Crippen LogP contribution in [-0.4, -0.2) is 43.8 Å². The normalized spacial score (nSPS) is 32.5. The number of hydrogen-bond acceptors (Lipinski definition) is 3. The first-order valence-corrected chi connectivity index (χ1v) is 7.90. The van der Waals surface area contributed by atoms with Crippen molar-refractivity contribution < 1.29 is 13.2 Å². The van der Waals surface area contributed by atoms with Crippen molar-refractivity contribution in [3.63, 3.8) is 0 Å². The first-order chi connectivity index (χ1) is 7.81. The van der Waals surface area contributed by atoms with Crippen LogP contribution in [0.4, 0.5) is 0 Å². The van der Waals surface area contributed by atoms with Crippen LogP contribution >= 0.6 is 0 Å². The fraction of sp³-hybridized carbons (Fsp3) is 1.00. The summed E-state index contributed by atoms with van der Waals surface area (Å²) in [6.45, 7) is 6.87. The van der Waals surface area contributed by atoms with E-state index in [1.807, 2.05) is 6.92 Å². The standard InChI is InChI=1S/C12H23NO3S/c1-5-16-11-8-10(12(11,2)3)13(4)17(14,15)9-6-7-9/h9-11H,5-8H2,1-4H3/t10-,11+/m1/s1. The topological polar surface area (TPSA) is 46.6 Å². The van der Waals surface area contributed by atoms with Gasteiger partial charge in [0.25, 0.3) is 0 Å². The summed E-state index contributed by atoms with van der Waals surface area (Å²) < 4.78 is 31.6. The minimum absolute atomic E-state index is 0.0767. The van der Waals surface area contributed by atoms with Crippen LogP contribution < -0.4 is 0 Å². The van der Waals surface area contributed by atoms with E-state index >= 15 is 0 Å². The van der Waals surface area contributed by atoms with E-state index in [2.05, 4.69) is 13.8 Å². The smallest absolute Gasteiger partial charge is 0.217 e. The van der Waals surface area contributed by atoms with E-state index in [4.69, 9.17) is 4.74 Å². The monoisotopic (exact) mass is 261 g/mol. The average Bonchev–Trinajstić information content (AvgIpc) is 3.06. The van der Waals surface area contributed by atoms with Crippen molar-refractivity contribution >= 4 is 10.0 Å². The van der Waals surface area contributed by atoms with Gasteiger partial charge in [-0.05, 0) is 26.2 Å². The van der Waals surface area contributed by atoms with Crippen LogP contribution in [0.3, 0.4) is 0 Å². The Balaban J connectivity index is 2.05. The molecule has 0 aromatic heterocycles. The van der Waals surface area contributed by atoms with Crippen LogP contribution in [0.15, 0.2) is 0 Å². The molecule has 2 atom stereocenters. The predicted octanol–water partition coefficient (Wildman–Crippen LogP) is 1.61. The number of hydrogen-bond donors (Lipinski definition) is 0. The van der Waals surface area contributed by atoms with E-state index in [1.165, 1.54) is 0 Å². The first kappa shape index (κ1) is 13.3. The van der Waals surface area contributed by atoms with Crippen molar-refractivity contribution in [3.05, 3.63) is 0 Å². The summed E-state index contributed by atoms with van der Waals surface area (Å²) in [6.07, 6.45) is 2.67. The van der Waals surface area contributed by atoms with E-state index in [0.717, 1.165) is 19.3 Å². The Morgan fingerprint density at radius 3 is 2.35 bits per heavy atom. The minimum atomic E-state index is -3.06. The molecule has 0 N–H and O–H groups in total. The van der Waals surface area contributed by atoms with E-state index in [1.54, 1.807) is 11.4 Å². The molecule has 17 heavy (non-hydrogen) atoms. The highest BCUT2D eigenvalue weighted by molar-refractivity contribution is 7.90. The third kappa shape index (κ3) is 2.13. The molecule has 0 aromatic carbocycles. The lowest BCUT2D eigenvalue weighted by Gasteiger charge is -2.54. The second kappa shape index (κ2) is 4.21. The van der Waals surface area contributed by atoms with Crippen LogP contribution in [0.1, 0.15) is 40.0 Å². The van der Waals surface area contributed by atoms with Gasteiger partial charge in [-0.1, -0.05) is 13.8 Å². The molecule has 0 spiro atoms. The zero-order chi connectivity index (χ0) is 12.8. The molecule has 0 unspecified atom stereocenters. The molecule has 2 aliphatic carbocycles. The fourth-order valence-electron chi connectivity index (χ4n) is 2.74. The SMILES string of the molecule is CCO[C@H]1C[C@@H](N(C)S(=O)(=O)C2CC2)C1(C)C. The molecule has 100 valence electrons. The Labute approximate surface area is 104 Å². The molecule has 0 amide bonds. The number of nitrogens with zero attached hydrogens (tertiary/aromatic N) is 1. The van der Waals surface area contributed by atoms with Crippen LogP contribution in [0.25, 0.3) is 0 Å². The van der Waals surface area contributed by atoms with Crippen LogP contribution in [0, 0.1) is 5.41 Å². The van der Waals surface area contributed by atoms with Gasteiger partial charge in [0, 0.05) is 25.1 Å². The third-order valence-corrected chi connectivity index (χ3v) is 6.65. The van der Waals surface area contributed by atoms with Crippen LogP contribution in [0.5, 0.6) is 0 Å². The minimum Gasteiger partial charge on any atom is -0.378 e. The summed E-state index contributed by atoms with van der Waals surface area (Å²) in [6, 6.07) is 0.0876. The molecule has 0 bridgehead atoms. The molecule has 5 heteroatoms. The van der Waals surface area contributed by atoms with Crippen LogP contribution in [0.2, 0.25) is 0 Å². The Morgan fingerprint density at radius 2 is 1.94 bits per heavy atom. The van der Waals surface area contributed by atoms with Gasteiger partial charge < -0.3 is 4.74 Å². The highest BCUT2D eigenvalue weighted by Crippen LogP contribution is 2.47. The zero-order valence-corrected chi connectivity index (χ0v) is 12.0. The molecule has 0 heterocycles. The predicted molar refractivity (Wildman–Crippen MR) is 67.3 cm³/mol. The molecule has 2 aliphatic rings. The fourth-order valence-corrected chi connectivity index (χ4v) is 4.66. The van der Waals surface area contributed by atoms with E-state index in [0.29, 0.717) is 6.61 Å². The maximum absolute atomic E-state index is 12.2. The average molecular weight is 261 g/mol. The Hall–Kier alpha value is -0.130. The lowest BCUT2D eigenvalue weighted by molar-refractivity contribution is -0.129. The second-order valence-corrected chi connectivity index (χ2v) is 8.05. The van der Waals surface area contributed by atoms with Crippen molar-refractivity contribution in [1.82, 2.24) is 4.31 Å². The van der Waals surface area contributed by atoms with Gasteiger partial charge in [0.05, 0.1) is 11.4 Å². The van der Waals surface area contributed by atoms with Crippen molar-refractivity contribution in [2.45, 2.75) is 57.4 Å². The second-order valence-electron chi connectivity index (χ2n) is 5.78. The van der Waals surface area contributed by atoms with Gasteiger partial charge in [0.15, 0.2) is 0 Å². The van der Waals surface area contributed by atoms with Gasteiger partial charge in [-0.15, -0.1) is 0 Å². The van der Waals surface area contributed by atoms with E-state index < -0.39 is 10.0 Å². The molecule has 2 rings (SSSR count). The van der Waals surface area contributed by atoms with Crippen molar-refractivity contribution in [2.24, 2.45) is 5.41 Å². The number of rotatable bonds is 5. The summed E-state index contributed by atoms with van der Waals surface area (Å²) in [5.74, 6) is 0. The Kier molecular flexibility index (Phi) is 3.30. The van der Waals surface area contributed by atoms with Crippen molar-refractivity contribution in [1.29, 1.82) is 0 Å². The molecule has 0 aliphatic heterocycles. The lowest BCUT2D eigenvalue weighted by atomic mass is 9.64. The Bertz CT molecular complexity index is 387. The summed E-state index contributed by atoms with van der Waals surface area (Å²) in [7, 11) is -1.33. The molecule has 2 fully saturated rings. The lowest BCUT2D eigenvalue weighted by Crippen LogP contribution is -2.62. The summed E-state index contributed by atoms with van der Waals surface area (Å²) in [5.41, 5.74) is -0.0767. The zero-order valence-electron chi connectivity index (χ0n) is 11.1. The van der Waals surface area contributed by atoms with E-state index in [-0.39, 0.29) is 22.8 Å². The molecular formula is C12H23NO3S. The number of sulfonamides is 1. The highest BCUT2D eigenvalue weighted by Gasteiger charge is 2.54. The molecule has 0 saturated heterocycles. The van der Waals surface area contributed by atoms with Crippen molar-refractivity contribution in [2.75, 3.05) is 13.7 Å². The maximum atomic E-state index is 12.2. The van der Waals surface area contributed by atoms with Gasteiger partial charge in [-0.25, -0.2) is 12.7 Å². The summed E-state index contributed by atoms with van der Waals surface area (Å²) in [5, 5.41) is -0.116. The first-order valence-electron chi connectivity index (χ1n) is 6.40. The third-order valence-electron chi connectivity index (χ3n) is 4.28. The van der Waals surface area contributed by atoms with Gasteiger partial charge in [-0.2, -0.15) is 0 Å². The van der Waals surface area contributed by atoms with Crippen molar-refractivity contribution in [3.8, 4) is 0 Å². The maximum Gasteiger partial charge on any atom is 0.217 e. The molecule has 2 saturated carbocycles. The number of ether oxygens (including phenoxy) is 1. The van der Waals surface area contributed by atoms with E-state index in [9.17, 15) is 8.42 Å². The van der Waals surface area contributed by atoms with Crippen LogP contribution in [-0.2, 0) is 14.8 Å². The quantitative estimate of drug-likeness (QED) is 0.755. The van der Waals surface area contributed by atoms with Gasteiger partial charge in [-0.3, -0.25) is 0 Å².